The van der Waals surface area contributed by atoms with Gasteiger partial charge >= 0.3 is 5.97 Å². The van der Waals surface area contributed by atoms with Crippen molar-refractivity contribution in [3.05, 3.63) is 0 Å². The molecule has 11 heavy (non-hydrogen) atoms. The molecular weight excluding hydrogens is 174 g/mol. The van der Waals surface area contributed by atoms with E-state index in [1.807, 2.05) is 0 Å². The van der Waals surface area contributed by atoms with E-state index in [4.69, 9.17) is 16.6 Å². The molecule has 0 aliphatic rings. The molecule has 0 saturated heterocycles. The molecule has 0 aromatic rings. The van der Waals surface area contributed by atoms with Crippen LogP contribution < -0.4 is 11.5 Å². The van der Waals surface area contributed by atoms with Crippen molar-refractivity contribution in [2.45, 2.75) is 25.3 Å². The van der Waals surface area contributed by atoms with Gasteiger partial charge in [0.05, 0.1) is 0 Å². The van der Waals surface area contributed by atoms with Crippen LogP contribution in [0.3, 0.4) is 0 Å². The molecule has 0 heterocycles. The van der Waals surface area contributed by atoms with Gasteiger partial charge in [0.15, 0.2) is 0 Å². The largest absolute Gasteiger partial charge is 0.480 e. The Morgan fingerprint density at radius 2 is 2.00 bits per heavy atom. The minimum Gasteiger partial charge on any atom is -0.480 e. The summed E-state index contributed by atoms with van der Waals surface area (Å²) in [5.74, 6) is -0.933. The van der Waals surface area contributed by atoms with E-state index in [1.165, 1.54) is 0 Å². The highest BCUT2D eigenvalue weighted by atomic mass is 35.5. The van der Waals surface area contributed by atoms with Crippen LogP contribution in [-0.4, -0.2) is 23.7 Å². The van der Waals surface area contributed by atoms with Crippen molar-refractivity contribution in [2.24, 2.45) is 11.5 Å². The third-order valence-electron chi connectivity index (χ3n) is 1.29. The van der Waals surface area contributed by atoms with E-state index >= 15 is 0 Å². The molecule has 0 amide bonds. The first-order valence-electron chi connectivity index (χ1n) is 3.37. The zero-order valence-corrected chi connectivity index (χ0v) is 7.14. The van der Waals surface area contributed by atoms with Gasteiger partial charge in [0.1, 0.15) is 6.04 Å². The Kier molecular flexibility index (Phi) is 9.40. The lowest BCUT2D eigenvalue weighted by Crippen LogP contribution is -2.29. The fourth-order valence-corrected chi connectivity index (χ4v) is 0.632. The second-order valence-electron chi connectivity index (χ2n) is 2.23. The van der Waals surface area contributed by atoms with Gasteiger partial charge in [-0.1, -0.05) is 6.42 Å². The molecule has 0 aliphatic heterocycles. The zero-order chi connectivity index (χ0) is 7.98. The predicted molar refractivity (Wildman–Crippen MR) is 45.8 cm³/mol. The second-order valence-corrected chi connectivity index (χ2v) is 2.23. The van der Waals surface area contributed by atoms with E-state index in [-0.39, 0.29) is 12.4 Å². The molecule has 0 spiro atoms. The average molecular weight is 190 g/mol. The maximum atomic E-state index is 10.1. The summed E-state index contributed by atoms with van der Waals surface area (Å²) in [5, 5.41) is 8.33. The van der Waals surface area contributed by atoms with Crippen molar-refractivity contribution in [3.8, 4) is 0 Å². The molecule has 1 atom stereocenters. The normalized spacial score (nSPS) is 11.8. The summed E-state index contributed by atoms with van der Waals surface area (Å²) >= 11 is 0. The summed E-state index contributed by atoms with van der Waals surface area (Å²) in [6.45, 7) is 0.604. The Balaban J connectivity index is 0. The summed E-state index contributed by atoms with van der Waals surface area (Å²) < 4.78 is 0. The maximum Gasteiger partial charge on any atom is 0.320 e. The van der Waals surface area contributed by atoms with Gasteiger partial charge in [0, 0.05) is 0 Å². The summed E-state index contributed by atoms with van der Waals surface area (Å²) in [6, 6.07) is -0.716. The summed E-state index contributed by atoms with van der Waals surface area (Å²) in [6.07, 6.45) is 2.16. The molecule has 4 nitrogen and oxygen atoms in total. The molecule has 0 aromatic carbocycles. The number of nitrogens with two attached hydrogens (primary N) is 2. The highest BCUT2D eigenvalue weighted by molar-refractivity contribution is 5.85. The maximum absolute atomic E-state index is 10.1. The van der Waals surface area contributed by atoms with Crippen molar-refractivity contribution in [3.63, 3.8) is 0 Å². The van der Waals surface area contributed by atoms with Gasteiger partial charge in [-0.25, -0.2) is 0 Å². The van der Waals surface area contributed by atoms with E-state index in [2.05, 4.69) is 0 Å². The number of hydrogen-bond donors (Lipinski definition) is 3. The van der Waals surface area contributed by atoms with Crippen LogP contribution in [0.15, 0.2) is 0 Å². The van der Waals surface area contributed by atoms with Crippen molar-refractivity contribution >= 4 is 18.4 Å². The Hall–Kier alpha value is -0.320. The topological polar surface area (TPSA) is 89.3 Å². The Bertz CT molecular complexity index is 111. The van der Waals surface area contributed by atoms with Crippen molar-refractivity contribution in [2.75, 3.05) is 6.54 Å². The number of aliphatic carboxylic acids is 1. The molecular formula is C6H15ClN2O2. The fraction of sp³-hybridized carbons (Fsp3) is 0.833. The molecule has 0 saturated carbocycles. The van der Waals surface area contributed by atoms with Gasteiger partial charge < -0.3 is 16.6 Å². The van der Waals surface area contributed by atoms with Gasteiger partial charge in [-0.2, -0.15) is 0 Å². The quantitative estimate of drug-likeness (QED) is 0.321. The Morgan fingerprint density at radius 3 is 2.36 bits per heavy atom. The van der Waals surface area contributed by atoms with Crippen LogP contribution in [0.1, 0.15) is 19.3 Å². The highest BCUT2D eigenvalue weighted by Crippen LogP contribution is 1.96. The molecule has 0 rings (SSSR count). The number of hydrogen-bond acceptors (Lipinski definition) is 3. The molecule has 68 valence electrons. The standard InChI is InChI=1S/C6H14N2O2.ClH/c7-4-2-1-3-5(8)6(9)10;/h5H,1-4,7-8H2,(H,9,10);1H/t5-;/m0./s1/i1+1,2+1,3+1,4+1,5+1,6+1,7+1;. The Labute approximate surface area is 72.4 Å². The number of halogens is 1. The lowest BCUT2D eigenvalue weighted by atomic mass is 11.1. The minimum atomic E-state index is -0.933. The van der Waals surface area contributed by atoms with Crippen LogP contribution in [0.5, 0.6) is 0 Å². The zero-order valence-electron chi connectivity index (χ0n) is 6.32. The van der Waals surface area contributed by atoms with Crippen LogP contribution in [0.2, 0.25) is 0 Å². The third-order valence-corrected chi connectivity index (χ3v) is 1.29. The first-order chi connectivity index (χ1) is 4.68. The predicted octanol–water partition coefficient (Wildman–Crippen LogP) is -0.0509. The van der Waals surface area contributed by atoms with E-state index < -0.39 is 12.0 Å². The van der Waals surface area contributed by atoms with Gasteiger partial charge in [0.25, 0.3) is 0 Å². The summed E-state index contributed by atoms with van der Waals surface area (Å²) in [4.78, 5) is 10.1. The van der Waals surface area contributed by atoms with E-state index in [1.54, 1.807) is 0 Å². The lowest BCUT2D eigenvalue weighted by molar-refractivity contribution is -0.138. The number of unbranched alkanes of at least 4 members (excludes halogenated alkanes) is 1. The van der Waals surface area contributed by atoms with Gasteiger partial charge in [-0.15, -0.1) is 12.4 Å². The SMILES string of the molecule is Cl.N[13C@@H]([13CH2][13CH2][13CH2][13CH2][15NH2])[13C](=O)O. The van der Waals surface area contributed by atoms with Gasteiger partial charge in [-0.3, -0.25) is 4.79 Å². The van der Waals surface area contributed by atoms with Gasteiger partial charge in [0.2, 0.25) is 0 Å². The van der Waals surface area contributed by atoms with Crippen molar-refractivity contribution < 1.29 is 9.90 Å². The van der Waals surface area contributed by atoms with Crippen LogP contribution in [0, 0.1) is 0 Å². The van der Waals surface area contributed by atoms with Crippen molar-refractivity contribution in [1.82, 2.24) is 0 Å². The lowest BCUT2D eigenvalue weighted by Gasteiger charge is -2.03. The summed E-state index contributed by atoms with van der Waals surface area (Å²) in [5.41, 5.74) is 10.4. The first-order valence-corrected chi connectivity index (χ1v) is 3.37. The van der Waals surface area contributed by atoms with E-state index in [9.17, 15) is 4.79 Å². The number of rotatable bonds is 5. The van der Waals surface area contributed by atoms with E-state index in [0.29, 0.717) is 13.0 Å². The molecule has 0 aromatic heterocycles. The monoisotopic (exact) mass is 189 g/mol. The molecule has 0 bridgehead atoms. The number of carboxylic acid groups (broad SMARTS) is 1. The second kappa shape index (κ2) is 7.78. The third kappa shape index (κ3) is 7.58. The van der Waals surface area contributed by atoms with Crippen LogP contribution in [0.25, 0.3) is 0 Å². The number of carboxylic acids is 1. The molecule has 0 aliphatic carbocycles. The van der Waals surface area contributed by atoms with Crippen LogP contribution in [0.4, 0.5) is 0 Å². The van der Waals surface area contributed by atoms with Crippen LogP contribution in [-0.2, 0) is 4.79 Å². The van der Waals surface area contributed by atoms with Gasteiger partial charge in [-0.05, 0) is 19.4 Å². The van der Waals surface area contributed by atoms with Crippen molar-refractivity contribution in [1.29, 1.82) is 0 Å². The highest BCUT2D eigenvalue weighted by Gasteiger charge is 2.09. The van der Waals surface area contributed by atoms with Crippen LogP contribution >= 0.6 is 12.4 Å². The smallest absolute Gasteiger partial charge is 0.320 e. The average Bonchev–Trinajstić information content (AvgIpc) is 1.88. The first kappa shape index (κ1) is 13.3. The Morgan fingerprint density at radius 1 is 1.45 bits per heavy atom. The summed E-state index contributed by atoms with van der Waals surface area (Å²) in [7, 11) is 0. The molecule has 0 fully saturated rings. The molecule has 0 unspecified atom stereocenters. The molecule has 0 radical (unpaired) electrons. The molecule has 5 heteroatoms. The van der Waals surface area contributed by atoms with E-state index in [0.717, 1.165) is 12.8 Å². The number of carbonyl (C=O) groups is 1. The molecule has 5 N–H and O–H groups in total. The fourth-order valence-electron chi connectivity index (χ4n) is 0.632. The minimum absolute atomic E-state index is 0.